The third-order valence-corrected chi connectivity index (χ3v) is 1.81. The minimum absolute atomic E-state index is 0.161. The van der Waals surface area contributed by atoms with Crippen LogP contribution in [-0.2, 0) is 4.79 Å². The molecule has 1 aromatic carbocycles. The van der Waals surface area contributed by atoms with Gasteiger partial charge in [-0.25, -0.2) is 0 Å². The van der Waals surface area contributed by atoms with E-state index in [0.717, 1.165) is 11.3 Å². The molecule has 0 bridgehead atoms. The lowest BCUT2D eigenvalue weighted by Crippen LogP contribution is -2.03. The Balaban J connectivity index is 2.45. The summed E-state index contributed by atoms with van der Waals surface area (Å²) in [5.41, 5.74) is 1.10. The number of ketones is 1. The van der Waals surface area contributed by atoms with Crippen molar-refractivity contribution in [3.8, 4) is 5.75 Å². The molecule has 70 valence electrons. The lowest BCUT2D eigenvalue weighted by molar-refractivity contribution is -0.117. The van der Waals surface area contributed by atoms with Gasteiger partial charge in [-0.3, -0.25) is 4.79 Å². The van der Waals surface area contributed by atoms with Crippen LogP contribution in [0.5, 0.6) is 5.75 Å². The van der Waals surface area contributed by atoms with Gasteiger partial charge in [0.25, 0.3) is 0 Å². The molecule has 0 atom stereocenters. The third-order valence-electron chi connectivity index (χ3n) is 1.81. The molecule has 13 heavy (non-hydrogen) atoms. The molecule has 0 unspecified atom stereocenters. The molecule has 1 aromatic rings. The summed E-state index contributed by atoms with van der Waals surface area (Å²) in [4.78, 5) is 10.6. The van der Waals surface area contributed by atoms with Crippen LogP contribution in [0.25, 0.3) is 0 Å². The fourth-order valence-electron chi connectivity index (χ4n) is 1.02. The second-order valence-corrected chi connectivity index (χ2v) is 3.07. The molecule has 0 amide bonds. The van der Waals surface area contributed by atoms with E-state index in [1.807, 2.05) is 31.2 Å². The van der Waals surface area contributed by atoms with Crippen LogP contribution in [0.15, 0.2) is 24.3 Å². The standard InChI is InChI=1S/C11H14O2/c1-9-5-3-4-6-11(9)13-8-7-10(2)12/h3-6H,7-8H2,1-2H3. The summed E-state index contributed by atoms with van der Waals surface area (Å²) in [6.07, 6.45) is 0.480. The Morgan fingerprint density at radius 1 is 1.38 bits per heavy atom. The first-order valence-electron chi connectivity index (χ1n) is 4.38. The normalized spacial score (nSPS) is 9.69. The number of carbonyl (C=O) groups is 1. The second kappa shape index (κ2) is 4.65. The Bertz CT molecular complexity index is 292. The summed E-state index contributed by atoms with van der Waals surface area (Å²) in [5.74, 6) is 1.03. The van der Waals surface area contributed by atoms with Gasteiger partial charge in [0.15, 0.2) is 0 Å². The van der Waals surface area contributed by atoms with Gasteiger partial charge in [-0.15, -0.1) is 0 Å². The summed E-state index contributed by atoms with van der Waals surface area (Å²) in [6, 6.07) is 7.79. The average Bonchev–Trinajstić information content (AvgIpc) is 2.08. The number of carbonyl (C=O) groups excluding carboxylic acids is 1. The van der Waals surface area contributed by atoms with E-state index in [9.17, 15) is 4.79 Å². The highest BCUT2D eigenvalue weighted by atomic mass is 16.5. The van der Waals surface area contributed by atoms with E-state index in [4.69, 9.17) is 4.74 Å². The van der Waals surface area contributed by atoms with Crippen molar-refractivity contribution in [2.24, 2.45) is 0 Å². The van der Waals surface area contributed by atoms with Crippen LogP contribution in [0.4, 0.5) is 0 Å². The molecule has 0 aliphatic carbocycles. The molecular formula is C11H14O2. The van der Waals surface area contributed by atoms with E-state index in [0.29, 0.717) is 13.0 Å². The molecule has 0 heterocycles. The fraction of sp³-hybridized carbons (Fsp3) is 0.364. The number of benzene rings is 1. The van der Waals surface area contributed by atoms with E-state index in [1.165, 1.54) is 0 Å². The first-order chi connectivity index (χ1) is 6.20. The Morgan fingerprint density at radius 3 is 2.69 bits per heavy atom. The molecule has 1 rings (SSSR count). The van der Waals surface area contributed by atoms with Gasteiger partial charge < -0.3 is 4.74 Å². The Kier molecular flexibility index (Phi) is 3.50. The zero-order valence-corrected chi connectivity index (χ0v) is 8.04. The molecule has 0 fully saturated rings. The molecule has 0 aliphatic heterocycles. The van der Waals surface area contributed by atoms with Crippen molar-refractivity contribution in [1.82, 2.24) is 0 Å². The zero-order valence-electron chi connectivity index (χ0n) is 8.04. The Morgan fingerprint density at radius 2 is 2.08 bits per heavy atom. The van der Waals surface area contributed by atoms with Crippen molar-refractivity contribution >= 4 is 5.78 Å². The summed E-state index contributed by atoms with van der Waals surface area (Å²) >= 11 is 0. The zero-order chi connectivity index (χ0) is 9.68. The fourth-order valence-corrected chi connectivity index (χ4v) is 1.02. The van der Waals surface area contributed by atoms with Crippen molar-refractivity contribution in [3.63, 3.8) is 0 Å². The number of ether oxygens (including phenoxy) is 1. The number of aryl methyl sites for hydroxylation is 1. The minimum Gasteiger partial charge on any atom is -0.493 e. The summed E-state index contributed by atoms with van der Waals surface area (Å²) in [7, 11) is 0. The van der Waals surface area contributed by atoms with Crippen LogP contribution in [0.3, 0.4) is 0 Å². The second-order valence-electron chi connectivity index (χ2n) is 3.07. The number of rotatable bonds is 4. The summed E-state index contributed by atoms with van der Waals surface area (Å²) in [5, 5.41) is 0. The molecule has 0 aromatic heterocycles. The van der Waals surface area contributed by atoms with Crippen LogP contribution < -0.4 is 4.74 Å². The van der Waals surface area contributed by atoms with Gasteiger partial charge in [-0.1, -0.05) is 18.2 Å². The number of hydrogen-bond acceptors (Lipinski definition) is 2. The summed E-state index contributed by atoms with van der Waals surface area (Å²) < 4.78 is 5.43. The highest BCUT2D eigenvalue weighted by Crippen LogP contribution is 2.15. The van der Waals surface area contributed by atoms with E-state index < -0.39 is 0 Å². The van der Waals surface area contributed by atoms with Gasteiger partial charge in [-0.05, 0) is 25.5 Å². The third kappa shape index (κ3) is 3.28. The maximum absolute atomic E-state index is 10.6. The molecule has 0 spiro atoms. The minimum atomic E-state index is 0.161. The number of para-hydroxylation sites is 1. The van der Waals surface area contributed by atoms with Crippen molar-refractivity contribution in [1.29, 1.82) is 0 Å². The SMILES string of the molecule is CC(=O)CCOc1ccccc1C. The number of hydrogen-bond donors (Lipinski definition) is 0. The number of Topliss-reactive ketones (excluding diaryl/α,β-unsaturated/α-hetero) is 1. The van der Waals surface area contributed by atoms with E-state index >= 15 is 0 Å². The van der Waals surface area contributed by atoms with Gasteiger partial charge in [0, 0.05) is 6.42 Å². The monoisotopic (exact) mass is 178 g/mol. The first-order valence-corrected chi connectivity index (χ1v) is 4.38. The molecule has 2 nitrogen and oxygen atoms in total. The van der Waals surface area contributed by atoms with Crippen LogP contribution in [0.2, 0.25) is 0 Å². The molecule has 0 saturated carbocycles. The van der Waals surface area contributed by atoms with Crippen molar-refractivity contribution in [2.75, 3.05) is 6.61 Å². The maximum Gasteiger partial charge on any atom is 0.133 e. The van der Waals surface area contributed by atoms with Gasteiger partial charge in [-0.2, -0.15) is 0 Å². The maximum atomic E-state index is 10.6. The van der Waals surface area contributed by atoms with Crippen LogP contribution >= 0.6 is 0 Å². The van der Waals surface area contributed by atoms with Crippen molar-refractivity contribution in [2.45, 2.75) is 20.3 Å². The van der Waals surface area contributed by atoms with Crippen LogP contribution in [0, 0.1) is 6.92 Å². The molecular weight excluding hydrogens is 164 g/mol. The van der Waals surface area contributed by atoms with E-state index in [1.54, 1.807) is 6.92 Å². The highest BCUT2D eigenvalue weighted by Gasteiger charge is 1.98. The van der Waals surface area contributed by atoms with Gasteiger partial charge in [0.05, 0.1) is 6.61 Å². The lowest BCUT2D eigenvalue weighted by atomic mass is 10.2. The molecule has 2 heteroatoms. The van der Waals surface area contributed by atoms with Crippen LogP contribution in [-0.4, -0.2) is 12.4 Å². The topological polar surface area (TPSA) is 26.3 Å². The van der Waals surface area contributed by atoms with E-state index in [-0.39, 0.29) is 5.78 Å². The first kappa shape index (κ1) is 9.78. The molecule has 0 saturated heterocycles. The highest BCUT2D eigenvalue weighted by molar-refractivity contribution is 5.75. The van der Waals surface area contributed by atoms with Gasteiger partial charge >= 0.3 is 0 Å². The Hall–Kier alpha value is -1.31. The van der Waals surface area contributed by atoms with Gasteiger partial charge in [0.1, 0.15) is 11.5 Å². The molecule has 0 radical (unpaired) electrons. The average molecular weight is 178 g/mol. The summed E-state index contributed by atoms with van der Waals surface area (Å²) in [6.45, 7) is 4.03. The predicted octanol–water partition coefficient (Wildman–Crippen LogP) is 2.35. The van der Waals surface area contributed by atoms with Crippen molar-refractivity contribution in [3.05, 3.63) is 29.8 Å². The largest absolute Gasteiger partial charge is 0.493 e. The molecule has 0 N–H and O–H groups in total. The van der Waals surface area contributed by atoms with Crippen LogP contribution in [0.1, 0.15) is 18.9 Å². The van der Waals surface area contributed by atoms with E-state index in [2.05, 4.69) is 0 Å². The smallest absolute Gasteiger partial charge is 0.133 e. The quantitative estimate of drug-likeness (QED) is 0.707. The Labute approximate surface area is 78.5 Å². The lowest BCUT2D eigenvalue weighted by Gasteiger charge is -2.06. The van der Waals surface area contributed by atoms with Gasteiger partial charge in [0.2, 0.25) is 0 Å². The predicted molar refractivity (Wildman–Crippen MR) is 52.0 cm³/mol. The van der Waals surface area contributed by atoms with Crippen molar-refractivity contribution < 1.29 is 9.53 Å². The molecule has 0 aliphatic rings.